The van der Waals surface area contributed by atoms with E-state index in [0.717, 1.165) is 59.8 Å². The van der Waals surface area contributed by atoms with Crippen molar-refractivity contribution in [3.63, 3.8) is 0 Å². The van der Waals surface area contributed by atoms with Gasteiger partial charge in [0.25, 0.3) is 5.91 Å². The molecule has 0 spiro atoms. The Hall–Kier alpha value is -2.33. The Bertz CT molecular complexity index is 920. The van der Waals surface area contributed by atoms with Gasteiger partial charge >= 0.3 is 0 Å². The van der Waals surface area contributed by atoms with Crippen molar-refractivity contribution in [1.82, 2.24) is 5.32 Å². The summed E-state index contributed by atoms with van der Waals surface area (Å²) in [6, 6.07) is 12.5. The highest BCUT2D eigenvalue weighted by Crippen LogP contribution is 2.31. The van der Waals surface area contributed by atoms with Gasteiger partial charge in [0.15, 0.2) is 5.76 Å². The highest BCUT2D eigenvalue weighted by Gasteiger charge is 2.25. The van der Waals surface area contributed by atoms with Crippen molar-refractivity contribution in [3.05, 3.63) is 47.7 Å². The SMILES string of the molecule is CC[NH+]1CCC(NC(=O)c2oc3c(ccc4ccccc43)c2C)CC1. The number of hydrogen-bond donors (Lipinski definition) is 2. The first-order valence-corrected chi connectivity index (χ1v) is 9.22. The summed E-state index contributed by atoms with van der Waals surface area (Å²) in [6.45, 7) is 7.61. The van der Waals surface area contributed by atoms with Crippen LogP contribution in [0, 0.1) is 6.92 Å². The molecule has 2 N–H and O–H groups in total. The number of hydrogen-bond acceptors (Lipinski definition) is 2. The summed E-state index contributed by atoms with van der Waals surface area (Å²) in [5.74, 6) is 0.374. The zero-order valence-corrected chi connectivity index (χ0v) is 14.9. The van der Waals surface area contributed by atoms with Gasteiger partial charge in [-0.3, -0.25) is 4.79 Å². The van der Waals surface area contributed by atoms with Crippen LogP contribution in [0.4, 0.5) is 0 Å². The van der Waals surface area contributed by atoms with Crippen LogP contribution in [0.5, 0.6) is 0 Å². The number of benzene rings is 2. The smallest absolute Gasteiger partial charge is 0.287 e. The Morgan fingerprint density at radius 3 is 2.68 bits per heavy atom. The Morgan fingerprint density at radius 2 is 1.92 bits per heavy atom. The van der Waals surface area contributed by atoms with Gasteiger partial charge in [0.1, 0.15) is 5.58 Å². The predicted octanol–water partition coefficient (Wildman–Crippen LogP) is 2.69. The van der Waals surface area contributed by atoms with Crippen molar-refractivity contribution in [2.45, 2.75) is 32.7 Å². The topological polar surface area (TPSA) is 46.7 Å². The summed E-state index contributed by atoms with van der Waals surface area (Å²) in [5, 5.41) is 6.39. The number of rotatable bonds is 3. The third kappa shape index (κ3) is 2.91. The molecule has 1 aromatic heterocycles. The van der Waals surface area contributed by atoms with E-state index in [2.05, 4.69) is 30.4 Å². The molecular formula is C21H25N2O2+. The quantitative estimate of drug-likeness (QED) is 0.772. The summed E-state index contributed by atoms with van der Waals surface area (Å²) >= 11 is 0. The van der Waals surface area contributed by atoms with Crippen LogP contribution < -0.4 is 10.2 Å². The molecule has 4 nitrogen and oxygen atoms in total. The highest BCUT2D eigenvalue weighted by molar-refractivity contribution is 6.08. The van der Waals surface area contributed by atoms with E-state index in [9.17, 15) is 4.79 Å². The van der Waals surface area contributed by atoms with Gasteiger partial charge in [-0.1, -0.05) is 36.4 Å². The maximum Gasteiger partial charge on any atom is 0.287 e. The summed E-state index contributed by atoms with van der Waals surface area (Å²) in [7, 11) is 0. The zero-order chi connectivity index (χ0) is 17.4. The number of furan rings is 1. The number of carbonyl (C=O) groups excluding carboxylic acids is 1. The minimum atomic E-state index is -0.0808. The summed E-state index contributed by atoms with van der Waals surface area (Å²) < 4.78 is 6.04. The third-order valence-electron chi connectivity index (χ3n) is 5.56. The molecule has 0 saturated carbocycles. The standard InChI is InChI=1S/C21H24N2O2/c1-3-23-12-10-16(11-13-23)22-21(24)19-14(2)17-9-8-15-6-4-5-7-18(15)20(17)25-19/h4-9,16H,3,10-13H2,1-2H3,(H,22,24)/p+1. The van der Waals surface area contributed by atoms with Crippen molar-refractivity contribution >= 4 is 27.6 Å². The number of likely N-dealkylation sites (tertiary alicyclic amines) is 1. The molecule has 0 atom stereocenters. The van der Waals surface area contributed by atoms with E-state index in [0.29, 0.717) is 5.76 Å². The molecule has 0 unspecified atom stereocenters. The molecule has 4 rings (SSSR count). The molecule has 2 heterocycles. The van der Waals surface area contributed by atoms with E-state index in [1.54, 1.807) is 4.90 Å². The Balaban J connectivity index is 1.61. The normalized spacial score (nSPS) is 20.9. The minimum Gasteiger partial charge on any atom is -0.450 e. The Morgan fingerprint density at radius 1 is 1.16 bits per heavy atom. The number of fused-ring (bicyclic) bond motifs is 3. The fourth-order valence-electron chi connectivity index (χ4n) is 3.94. The Labute approximate surface area is 147 Å². The molecule has 1 aliphatic heterocycles. The first-order chi connectivity index (χ1) is 12.2. The van der Waals surface area contributed by atoms with E-state index in [1.807, 2.05) is 25.1 Å². The van der Waals surface area contributed by atoms with Crippen molar-refractivity contribution in [2.24, 2.45) is 0 Å². The molecule has 0 aliphatic carbocycles. The highest BCUT2D eigenvalue weighted by atomic mass is 16.3. The maximum absolute atomic E-state index is 12.8. The monoisotopic (exact) mass is 337 g/mol. The van der Waals surface area contributed by atoms with Gasteiger partial charge in [0.2, 0.25) is 0 Å². The first-order valence-electron chi connectivity index (χ1n) is 9.22. The van der Waals surface area contributed by atoms with Crippen molar-refractivity contribution in [2.75, 3.05) is 19.6 Å². The van der Waals surface area contributed by atoms with Crippen LogP contribution in [0.1, 0.15) is 35.9 Å². The van der Waals surface area contributed by atoms with Gasteiger partial charge in [0.05, 0.1) is 19.6 Å². The van der Waals surface area contributed by atoms with Crippen molar-refractivity contribution in [1.29, 1.82) is 0 Å². The molecule has 1 saturated heterocycles. The van der Waals surface area contributed by atoms with E-state index in [-0.39, 0.29) is 11.9 Å². The number of quaternary nitrogens is 1. The second kappa shape index (κ2) is 6.52. The molecule has 0 bridgehead atoms. The molecule has 1 fully saturated rings. The average molecular weight is 337 g/mol. The van der Waals surface area contributed by atoms with Crippen LogP contribution in [-0.4, -0.2) is 31.6 Å². The number of piperidine rings is 1. The number of amides is 1. The van der Waals surface area contributed by atoms with Crippen LogP contribution in [0.2, 0.25) is 0 Å². The molecule has 3 aromatic rings. The molecule has 130 valence electrons. The van der Waals surface area contributed by atoms with Gasteiger partial charge in [-0.05, 0) is 19.2 Å². The maximum atomic E-state index is 12.8. The summed E-state index contributed by atoms with van der Waals surface area (Å²) in [4.78, 5) is 14.4. The minimum absolute atomic E-state index is 0.0808. The van der Waals surface area contributed by atoms with Crippen LogP contribution in [0.3, 0.4) is 0 Å². The fraction of sp³-hybridized carbons (Fsp3) is 0.381. The largest absolute Gasteiger partial charge is 0.450 e. The first kappa shape index (κ1) is 16.2. The van der Waals surface area contributed by atoms with Crippen LogP contribution in [0.25, 0.3) is 21.7 Å². The molecule has 0 radical (unpaired) electrons. The lowest BCUT2D eigenvalue weighted by molar-refractivity contribution is -0.903. The lowest BCUT2D eigenvalue weighted by Gasteiger charge is -2.28. The van der Waals surface area contributed by atoms with E-state index < -0.39 is 0 Å². The molecule has 1 amide bonds. The van der Waals surface area contributed by atoms with E-state index in [4.69, 9.17) is 4.42 Å². The summed E-state index contributed by atoms with van der Waals surface area (Å²) in [5.41, 5.74) is 1.74. The third-order valence-corrected chi connectivity index (χ3v) is 5.56. The van der Waals surface area contributed by atoms with Gasteiger partial charge in [-0.2, -0.15) is 0 Å². The lowest BCUT2D eigenvalue weighted by atomic mass is 10.0. The lowest BCUT2D eigenvalue weighted by Crippen LogP contribution is -3.13. The van der Waals surface area contributed by atoms with Crippen LogP contribution in [-0.2, 0) is 0 Å². The average Bonchev–Trinajstić information content (AvgIpc) is 3.00. The molecule has 25 heavy (non-hydrogen) atoms. The van der Waals surface area contributed by atoms with Gasteiger partial charge in [-0.15, -0.1) is 0 Å². The molecule has 2 aromatic carbocycles. The van der Waals surface area contributed by atoms with Crippen LogP contribution in [0.15, 0.2) is 40.8 Å². The van der Waals surface area contributed by atoms with E-state index >= 15 is 0 Å². The van der Waals surface area contributed by atoms with Crippen molar-refractivity contribution < 1.29 is 14.1 Å². The van der Waals surface area contributed by atoms with Gasteiger partial charge in [-0.25, -0.2) is 0 Å². The van der Waals surface area contributed by atoms with Crippen LogP contribution >= 0.6 is 0 Å². The number of nitrogens with one attached hydrogen (secondary N) is 2. The van der Waals surface area contributed by atoms with Crippen molar-refractivity contribution in [3.8, 4) is 0 Å². The second-order valence-corrected chi connectivity index (χ2v) is 7.07. The Kier molecular flexibility index (Phi) is 4.22. The van der Waals surface area contributed by atoms with Gasteiger partial charge < -0.3 is 14.6 Å². The summed E-state index contributed by atoms with van der Waals surface area (Å²) in [6.07, 6.45) is 2.08. The number of carbonyl (C=O) groups is 1. The predicted molar refractivity (Wildman–Crippen MR) is 100 cm³/mol. The van der Waals surface area contributed by atoms with Gasteiger partial charge in [0, 0.05) is 35.2 Å². The molecule has 1 aliphatic rings. The zero-order valence-electron chi connectivity index (χ0n) is 14.9. The molecule has 4 heteroatoms. The van der Waals surface area contributed by atoms with E-state index in [1.165, 1.54) is 0 Å². The fourth-order valence-corrected chi connectivity index (χ4v) is 3.94. The second-order valence-electron chi connectivity index (χ2n) is 7.07. The number of aryl methyl sites for hydroxylation is 1. The molecular weight excluding hydrogens is 312 g/mol.